The number of carbonyl (C=O) groups excluding carboxylic acids is 2. The molecule has 2 unspecified atom stereocenters. The zero-order valence-corrected chi connectivity index (χ0v) is 13.4. The van der Waals surface area contributed by atoms with Crippen molar-refractivity contribution in [3.05, 3.63) is 60.7 Å². The number of hydrogen-bond donors (Lipinski definition) is 0. The minimum Gasteiger partial charge on any atom is -0.474 e. The van der Waals surface area contributed by atoms with E-state index in [-0.39, 0.29) is 0 Å². The van der Waals surface area contributed by atoms with E-state index >= 15 is 0 Å². The molecule has 0 aliphatic heterocycles. The SMILES string of the molecule is COC(=O)C(Oc1ccccc1)C(Oc1ccccc1)C(=O)OC. The molecular weight excluding hydrogens is 312 g/mol. The van der Waals surface area contributed by atoms with Crippen LogP contribution in [0, 0.1) is 0 Å². The van der Waals surface area contributed by atoms with E-state index in [1.165, 1.54) is 14.2 Å². The van der Waals surface area contributed by atoms with E-state index in [1.54, 1.807) is 60.7 Å². The van der Waals surface area contributed by atoms with Crippen LogP contribution in [0.2, 0.25) is 0 Å². The summed E-state index contributed by atoms with van der Waals surface area (Å²) in [4.78, 5) is 24.3. The fourth-order valence-electron chi connectivity index (χ4n) is 1.99. The van der Waals surface area contributed by atoms with Crippen LogP contribution in [-0.4, -0.2) is 38.4 Å². The van der Waals surface area contributed by atoms with Crippen molar-refractivity contribution in [1.82, 2.24) is 0 Å². The lowest BCUT2D eigenvalue weighted by Crippen LogP contribution is -2.48. The largest absolute Gasteiger partial charge is 0.474 e. The van der Waals surface area contributed by atoms with Crippen LogP contribution in [0.5, 0.6) is 11.5 Å². The van der Waals surface area contributed by atoms with Gasteiger partial charge in [0.1, 0.15) is 11.5 Å². The van der Waals surface area contributed by atoms with Gasteiger partial charge in [0.05, 0.1) is 14.2 Å². The van der Waals surface area contributed by atoms with Crippen molar-refractivity contribution >= 4 is 11.9 Å². The van der Waals surface area contributed by atoms with Crippen molar-refractivity contribution in [2.75, 3.05) is 14.2 Å². The Hall–Kier alpha value is -3.02. The van der Waals surface area contributed by atoms with E-state index in [9.17, 15) is 9.59 Å². The molecule has 2 aromatic rings. The summed E-state index contributed by atoms with van der Waals surface area (Å²) in [7, 11) is 2.42. The Bertz CT molecular complexity index is 596. The van der Waals surface area contributed by atoms with E-state index in [1.807, 2.05) is 0 Å². The number of carbonyl (C=O) groups is 2. The predicted octanol–water partition coefficient (Wildman–Crippen LogP) is 2.23. The first kappa shape index (κ1) is 17.3. The van der Waals surface area contributed by atoms with Crippen molar-refractivity contribution < 1.29 is 28.5 Å². The first-order valence-corrected chi connectivity index (χ1v) is 7.24. The summed E-state index contributed by atoms with van der Waals surface area (Å²) >= 11 is 0. The molecule has 2 aromatic carbocycles. The molecule has 6 heteroatoms. The highest BCUT2D eigenvalue weighted by Gasteiger charge is 2.40. The summed E-state index contributed by atoms with van der Waals surface area (Å²) in [6.07, 6.45) is -2.63. The van der Waals surface area contributed by atoms with E-state index in [0.717, 1.165) is 0 Å². The zero-order valence-electron chi connectivity index (χ0n) is 13.4. The van der Waals surface area contributed by atoms with E-state index in [0.29, 0.717) is 11.5 Å². The second kappa shape index (κ2) is 8.57. The maximum absolute atomic E-state index is 12.1. The van der Waals surface area contributed by atoms with Crippen molar-refractivity contribution in [3.8, 4) is 11.5 Å². The van der Waals surface area contributed by atoms with Gasteiger partial charge in [0.2, 0.25) is 12.2 Å². The molecule has 0 aliphatic rings. The predicted molar refractivity (Wildman–Crippen MR) is 85.7 cm³/mol. The first-order chi connectivity index (χ1) is 11.7. The highest BCUT2D eigenvalue weighted by atomic mass is 16.6. The Morgan fingerprint density at radius 3 is 1.29 bits per heavy atom. The second-order valence-corrected chi connectivity index (χ2v) is 4.75. The van der Waals surface area contributed by atoms with Crippen LogP contribution < -0.4 is 9.47 Å². The van der Waals surface area contributed by atoms with Crippen molar-refractivity contribution in [2.24, 2.45) is 0 Å². The normalized spacial score (nSPS) is 12.6. The molecule has 2 atom stereocenters. The van der Waals surface area contributed by atoms with Crippen LogP contribution in [-0.2, 0) is 19.1 Å². The van der Waals surface area contributed by atoms with E-state index in [2.05, 4.69) is 0 Å². The van der Waals surface area contributed by atoms with E-state index < -0.39 is 24.1 Å². The summed E-state index contributed by atoms with van der Waals surface area (Å²) in [5.74, 6) is -0.688. The number of benzene rings is 2. The van der Waals surface area contributed by atoms with Gasteiger partial charge in [-0.3, -0.25) is 0 Å². The standard InChI is InChI=1S/C18H18O6/c1-21-17(19)15(23-13-9-5-3-6-10-13)16(18(20)22-2)24-14-11-7-4-8-12-14/h3-12,15-16H,1-2H3. The molecule has 0 amide bonds. The average molecular weight is 330 g/mol. The average Bonchev–Trinajstić information content (AvgIpc) is 2.65. The molecule has 2 rings (SSSR count). The quantitative estimate of drug-likeness (QED) is 0.725. The van der Waals surface area contributed by atoms with Gasteiger partial charge in [0.25, 0.3) is 0 Å². The van der Waals surface area contributed by atoms with Crippen LogP contribution >= 0.6 is 0 Å². The number of rotatable bonds is 7. The molecule has 0 heterocycles. The lowest BCUT2D eigenvalue weighted by Gasteiger charge is -2.24. The molecule has 6 nitrogen and oxygen atoms in total. The molecule has 126 valence electrons. The molecule has 0 saturated heterocycles. The van der Waals surface area contributed by atoms with Gasteiger partial charge in [0, 0.05) is 0 Å². The Morgan fingerprint density at radius 1 is 0.667 bits per heavy atom. The molecule has 0 radical (unpaired) electrons. The smallest absolute Gasteiger partial charge is 0.351 e. The summed E-state index contributed by atoms with van der Waals surface area (Å²) < 4.78 is 20.7. The fraction of sp³-hybridized carbons (Fsp3) is 0.222. The molecule has 0 spiro atoms. The third-order valence-corrected chi connectivity index (χ3v) is 3.15. The highest BCUT2D eigenvalue weighted by Crippen LogP contribution is 2.19. The number of esters is 2. The minimum atomic E-state index is -1.31. The third-order valence-electron chi connectivity index (χ3n) is 3.15. The Morgan fingerprint density at radius 2 is 1.00 bits per heavy atom. The minimum absolute atomic E-state index is 0.401. The maximum atomic E-state index is 12.1. The first-order valence-electron chi connectivity index (χ1n) is 7.24. The van der Waals surface area contributed by atoms with Crippen molar-refractivity contribution in [1.29, 1.82) is 0 Å². The summed E-state index contributed by atoms with van der Waals surface area (Å²) in [6.45, 7) is 0. The summed E-state index contributed by atoms with van der Waals surface area (Å²) in [6, 6.07) is 17.2. The van der Waals surface area contributed by atoms with Gasteiger partial charge >= 0.3 is 11.9 Å². The molecule has 0 saturated carbocycles. The van der Waals surface area contributed by atoms with Gasteiger partial charge in [-0.15, -0.1) is 0 Å². The molecule has 0 fully saturated rings. The lowest BCUT2D eigenvalue weighted by atomic mass is 10.2. The van der Waals surface area contributed by atoms with E-state index in [4.69, 9.17) is 18.9 Å². The number of ether oxygens (including phenoxy) is 4. The molecule has 0 N–H and O–H groups in total. The third kappa shape index (κ3) is 4.49. The second-order valence-electron chi connectivity index (χ2n) is 4.75. The van der Waals surface area contributed by atoms with Gasteiger partial charge in [-0.25, -0.2) is 9.59 Å². The lowest BCUT2D eigenvalue weighted by molar-refractivity contribution is -0.165. The summed E-state index contributed by atoms with van der Waals surface area (Å²) in [5, 5.41) is 0. The Balaban J connectivity index is 2.29. The highest BCUT2D eigenvalue weighted by molar-refractivity contribution is 5.86. The number of para-hydroxylation sites is 2. The van der Waals surface area contributed by atoms with Gasteiger partial charge in [-0.1, -0.05) is 36.4 Å². The molecule has 0 aliphatic carbocycles. The molecular formula is C18H18O6. The van der Waals surface area contributed by atoms with Gasteiger partial charge < -0.3 is 18.9 Å². The monoisotopic (exact) mass is 330 g/mol. The maximum Gasteiger partial charge on any atom is 0.351 e. The topological polar surface area (TPSA) is 71.1 Å². The van der Waals surface area contributed by atoms with Gasteiger partial charge in [0.15, 0.2) is 0 Å². The molecule has 24 heavy (non-hydrogen) atoms. The fourth-order valence-corrected chi connectivity index (χ4v) is 1.99. The number of methoxy groups -OCH3 is 2. The van der Waals surface area contributed by atoms with Gasteiger partial charge in [-0.2, -0.15) is 0 Å². The van der Waals surface area contributed by atoms with Crippen molar-refractivity contribution in [3.63, 3.8) is 0 Å². The van der Waals surface area contributed by atoms with Crippen LogP contribution in [0.15, 0.2) is 60.7 Å². The van der Waals surface area contributed by atoms with Gasteiger partial charge in [-0.05, 0) is 24.3 Å². The van der Waals surface area contributed by atoms with Crippen LogP contribution in [0.25, 0.3) is 0 Å². The van der Waals surface area contributed by atoms with Crippen LogP contribution in [0.1, 0.15) is 0 Å². The molecule has 0 bridgehead atoms. The molecule has 0 aromatic heterocycles. The Kier molecular flexibility index (Phi) is 6.19. The summed E-state index contributed by atoms with van der Waals surface area (Å²) in [5.41, 5.74) is 0. The number of hydrogen-bond acceptors (Lipinski definition) is 6. The van der Waals surface area contributed by atoms with Crippen molar-refractivity contribution in [2.45, 2.75) is 12.2 Å². The van der Waals surface area contributed by atoms with Crippen LogP contribution in [0.3, 0.4) is 0 Å². The Labute approximate surface area is 139 Å². The van der Waals surface area contributed by atoms with Crippen LogP contribution in [0.4, 0.5) is 0 Å². The zero-order chi connectivity index (χ0) is 17.4.